The number of rotatable bonds is 5. The molecule has 1 aliphatic rings. The molecule has 0 saturated carbocycles. The van der Waals surface area contributed by atoms with Crippen molar-refractivity contribution in [1.29, 1.82) is 5.26 Å². The molecule has 3 amide bonds. The molecule has 0 saturated heterocycles. The van der Waals surface area contributed by atoms with Crippen LogP contribution < -0.4 is 15.5 Å². The first-order valence-corrected chi connectivity index (χ1v) is 9.94. The second kappa shape index (κ2) is 9.14. The van der Waals surface area contributed by atoms with Gasteiger partial charge >= 0.3 is 12.2 Å². The maximum absolute atomic E-state index is 13.2. The zero-order valence-corrected chi connectivity index (χ0v) is 17.5. The summed E-state index contributed by atoms with van der Waals surface area (Å²) in [6.07, 6.45) is -3.89. The van der Waals surface area contributed by atoms with E-state index in [1.165, 1.54) is 19.1 Å². The van der Waals surface area contributed by atoms with Crippen LogP contribution in [0.4, 0.5) is 23.7 Å². The minimum absolute atomic E-state index is 0.00565. The number of benzene rings is 2. The van der Waals surface area contributed by atoms with E-state index in [4.69, 9.17) is 5.26 Å². The SMILES string of the molecule is CCCNC(=O)C1=C(C)N(c2cccc(C(F)(F)F)c2)C(=O)NC1c1ccc(C#N)cc1. The Hall–Kier alpha value is -3.80. The van der Waals surface area contributed by atoms with E-state index >= 15 is 0 Å². The molecule has 0 aromatic heterocycles. The molecule has 0 aliphatic carbocycles. The van der Waals surface area contributed by atoms with E-state index in [-0.39, 0.29) is 17.0 Å². The first-order chi connectivity index (χ1) is 15.2. The highest BCUT2D eigenvalue weighted by Gasteiger charge is 2.37. The van der Waals surface area contributed by atoms with Gasteiger partial charge in [0.15, 0.2) is 0 Å². The smallest absolute Gasteiger partial charge is 0.352 e. The van der Waals surface area contributed by atoms with Crippen molar-refractivity contribution in [2.24, 2.45) is 0 Å². The minimum Gasteiger partial charge on any atom is -0.352 e. The Labute approximate surface area is 183 Å². The molecular weight excluding hydrogens is 421 g/mol. The molecule has 1 aliphatic heterocycles. The number of nitriles is 1. The molecule has 6 nitrogen and oxygen atoms in total. The van der Waals surface area contributed by atoms with Gasteiger partial charge in [0, 0.05) is 12.2 Å². The quantitative estimate of drug-likeness (QED) is 0.707. The van der Waals surface area contributed by atoms with Gasteiger partial charge in [-0.05, 0) is 49.2 Å². The van der Waals surface area contributed by atoms with Gasteiger partial charge in [-0.15, -0.1) is 0 Å². The van der Waals surface area contributed by atoms with Crippen LogP contribution in [0.2, 0.25) is 0 Å². The number of nitrogens with one attached hydrogen (secondary N) is 2. The van der Waals surface area contributed by atoms with Crippen LogP contribution in [0.25, 0.3) is 0 Å². The predicted octanol–water partition coefficient (Wildman–Crippen LogP) is 4.65. The molecule has 2 N–H and O–H groups in total. The third kappa shape index (κ3) is 4.59. The zero-order chi connectivity index (χ0) is 23.5. The van der Waals surface area contributed by atoms with Crippen molar-refractivity contribution in [3.05, 3.63) is 76.5 Å². The average Bonchev–Trinajstić information content (AvgIpc) is 2.76. The van der Waals surface area contributed by atoms with Crippen LogP contribution >= 0.6 is 0 Å². The van der Waals surface area contributed by atoms with Crippen LogP contribution in [0.1, 0.15) is 43.0 Å². The summed E-state index contributed by atoms with van der Waals surface area (Å²) in [7, 11) is 0. The lowest BCUT2D eigenvalue weighted by Gasteiger charge is -2.36. The summed E-state index contributed by atoms with van der Waals surface area (Å²) < 4.78 is 39.6. The fourth-order valence-corrected chi connectivity index (χ4v) is 3.50. The second-order valence-electron chi connectivity index (χ2n) is 7.25. The summed E-state index contributed by atoms with van der Waals surface area (Å²) in [6, 6.07) is 11.3. The lowest BCUT2D eigenvalue weighted by Crippen LogP contribution is -2.49. The Morgan fingerprint density at radius 2 is 1.91 bits per heavy atom. The summed E-state index contributed by atoms with van der Waals surface area (Å²) in [6.45, 7) is 3.81. The lowest BCUT2D eigenvalue weighted by molar-refractivity contribution is -0.137. The van der Waals surface area contributed by atoms with Crippen LogP contribution in [-0.4, -0.2) is 18.5 Å². The van der Waals surface area contributed by atoms with Gasteiger partial charge in [0.2, 0.25) is 0 Å². The number of carbonyl (C=O) groups excluding carboxylic acids is 2. The summed E-state index contributed by atoms with van der Waals surface area (Å²) in [4.78, 5) is 27.0. The summed E-state index contributed by atoms with van der Waals surface area (Å²) in [5, 5.41) is 14.5. The summed E-state index contributed by atoms with van der Waals surface area (Å²) in [5.41, 5.74) is 0.508. The Kier molecular flexibility index (Phi) is 6.53. The molecule has 3 rings (SSSR count). The maximum Gasteiger partial charge on any atom is 0.416 e. The van der Waals surface area contributed by atoms with Gasteiger partial charge in [-0.25, -0.2) is 4.79 Å². The van der Waals surface area contributed by atoms with Gasteiger partial charge in [0.1, 0.15) is 0 Å². The van der Waals surface area contributed by atoms with Crippen LogP contribution in [0.5, 0.6) is 0 Å². The highest BCUT2D eigenvalue weighted by Crippen LogP contribution is 2.36. The molecule has 166 valence electrons. The fourth-order valence-electron chi connectivity index (χ4n) is 3.50. The molecule has 1 unspecified atom stereocenters. The zero-order valence-electron chi connectivity index (χ0n) is 17.5. The minimum atomic E-state index is -4.58. The third-order valence-electron chi connectivity index (χ3n) is 5.07. The van der Waals surface area contributed by atoms with Crippen molar-refractivity contribution < 1.29 is 22.8 Å². The van der Waals surface area contributed by atoms with E-state index in [9.17, 15) is 22.8 Å². The van der Waals surface area contributed by atoms with Crippen LogP contribution in [0, 0.1) is 11.3 Å². The molecule has 1 atom stereocenters. The molecular formula is C23H21F3N4O2. The first-order valence-electron chi connectivity index (χ1n) is 9.94. The Balaban J connectivity index is 2.12. The number of halogens is 3. The van der Waals surface area contributed by atoms with Gasteiger partial charge in [-0.1, -0.05) is 25.1 Å². The van der Waals surface area contributed by atoms with Crippen LogP contribution in [-0.2, 0) is 11.0 Å². The van der Waals surface area contributed by atoms with Gasteiger partial charge in [0.25, 0.3) is 5.91 Å². The molecule has 0 fully saturated rings. The molecule has 9 heteroatoms. The molecule has 0 radical (unpaired) electrons. The summed E-state index contributed by atoms with van der Waals surface area (Å²) >= 11 is 0. The normalized spacial score (nSPS) is 16.4. The van der Waals surface area contributed by atoms with Crippen LogP contribution in [0.3, 0.4) is 0 Å². The van der Waals surface area contributed by atoms with Gasteiger partial charge in [-0.3, -0.25) is 9.69 Å². The highest BCUT2D eigenvalue weighted by molar-refractivity contribution is 6.04. The van der Waals surface area contributed by atoms with Crippen LogP contribution in [0.15, 0.2) is 59.8 Å². The molecule has 2 aromatic carbocycles. The molecule has 0 spiro atoms. The highest BCUT2D eigenvalue weighted by atomic mass is 19.4. The number of hydrogen-bond donors (Lipinski definition) is 2. The van der Waals surface area contributed by atoms with Crippen molar-refractivity contribution in [1.82, 2.24) is 10.6 Å². The monoisotopic (exact) mass is 442 g/mol. The Morgan fingerprint density at radius 3 is 2.50 bits per heavy atom. The number of allylic oxidation sites excluding steroid dienone is 1. The standard InChI is InChI=1S/C23H21F3N4O2/c1-3-11-28-21(31)19-14(2)30(18-6-4-5-17(12-18)23(24,25)26)22(32)29-20(19)16-9-7-15(13-27)8-10-16/h4-10,12,20H,3,11H2,1-2H3,(H,28,31)(H,29,32). The molecule has 1 heterocycles. The van der Waals surface area contributed by atoms with Crippen molar-refractivity contribution in [2.45, 2.75) is 32.5 Å². The van der Waals surface area contributed by atoms with Gasteiger partial charge in [-0.2, -0.15) is 18.4 Å². The summed E-state index contributed by atoms with van der Waals surface area (Å²) in [5.74, 6) is -0.435. The van der Waals surface area contributed by atoms with E-state index < -0.39 is 29.7 Å². The van der Waals surface area contributed by atoms with Crippen molar-refractivity contribution in [3.8, 4) is 6.07 Å². The van der Waals surface area contributed by atoms with Crippen molar-refractivity contribution in [3.63, 3.8) is 0 Å². The first kappa shape index (κ1) is 22.9. The maximum atomic E-state index is 13.2. The van der Waals surface area contributed by atoms with E-state index in [1.807, 2.05) is 13.0 Å². The van der Waals surface area contributed by atoms with E-state index in [2.05, 4.69) is 10.6 Å². The molecule has 32 heavy (non-hydrogen) atoms. The lowest BCUT2D eigenvalue weighted by atomic mass is 9.93. The van der Waals surface area contributed by atoms with Crippen molar-refractivity contribution in [2.75, 3.05) is 11.4 Å². The largest absolute Gasteiger partial charge is 0.416 e. The number of amides is 3. The van der Waals surface area contributed by atoms with Gasteiger partial charge < -0.3 is 10.6 Å². The fraction of sp³-hybridized carbons (Fsp3) is 0.261. The number of hydrogen-bond acceptors (Lipinski definition) is 3. The van der Waals surface area contributed by atoms with Gasteiger partial charge in [0.05, 0.1) is 34.5 Å². The Morgan fingerprint density at radius 1 is 1.22 bits per heavy atom. The predicted molar refractivity (Wildman–Crippen MR) is 112 cm³/mol. The van der Waals surface area contributed by atoms with Crippen molar-refractivity contribution >= 4 is 17.6 Å². The topological polar surface area (TPSA) is 85.2 Å². The number of carbonyl (C=O) groups is 2. The van der Waals surface area contributed by atoms with E-state index in [1.54, 1.807) is 24.3 Å². The number of urea groups is 1. The number of nitrogens with zero attached hydrogens (tertiary/aromatic N) is 2. The molecule has 2 aromatic rings. The second-order valence-corrected chi connectivity index (χ2v) is 7.25. The Bertz CT molecular complexity index is 1100. The number of anilines is 1. The number of alkyl halides is 3. The average molecular weight is 442 g/mol. The molecule has 0 bridgehead atoms. The van der Waals surface area contributed by atoms with E-state index in [0.717, 1.165) is 17.0 Å². The van der Waals surface area contributed by atoms with E-state index in [0.29, 0.717) is 24.1 Å². The third-order valence-corrected chi connectivity index (χ3v) is 5.07.